The van der Waals surface area contributed by atoms with Crippen molar-refractivity contribution in [2.45, 2.75) is 0 Å². The summed E-state index contributed by atoms with van der Waals surface area (Å²) in [6.45, 7) is 0. The van der Waals surface area contributed by atoms with Gasteiger partial charge in [-0.05, 0) is 23.1 Å². The molecule has 0 aromatic carbocycles. The molecule has 0 unspecified atom stereocenters. The molecule has 0 bridgehead atoms. The summed E-state index contributed by atoms with van der Waals surface area (Å²) in [6, 6.07) is 0. The summed E-state index contributed by atoms with van der Waals surface area (Å²) < 4.78 is 7.84. The quantitative estimate of drug-likeness (QED) is 0.647. The van der Waals surface area contributed by atoms with Gasteiger partial charge in [-0.2, -0.15) is 8.75 Å². The lowest BCUT2D eigenvalue weighted by Crippen LogP contribution is -1.73. The normalized spacial score (nSPS) is 10.0. The monoisotopic (exact) mass is 168 g/mol. The van der Waals surface area contributed by atoms with E-state index < -0.39 is 0 Å². The fraction of sp³-hybridized carbons (Fsp3) is 0. The Morgan fingerprint density at radius 3 is 3.00 bits per heavy atom. The third-order valence-electron chi connectivity index (χ3n) is 0.992. The summed E-state index contributed by atoms with van der Waals surface area (Å²) in [7, 11) is 0. The molecule has 0 aliphatic heterocycles. The predicted octanol–water partition coefficient (Wildman–Crippen LogP) is 1.46. The van der Waals surface area contributed by atoms with Gasteiger partial charge in [-0.25, -0.2) is 4.98 Å². The molecule has 2 aromatic rings. The minimum atomic E-state index is 0.721. The lowest BCUT2D eigenvalue weighted by molar-refractivity contribution is 1.32. The summed E-state index contributed by atoms with van der Waals surface area (Å²) in [5.74, 6) is 0.721. The summed E-state index contributed by atoms with van der Waals surface area (Å²) in [4.78, 5) is 4.00. The van der Waals surface area contributed by atoms with Crippen LogP contribution in [0.2, 0.25) is 0 Å². The van der Waals surface area contributed by atoms with Crippen molar-refractivity contribution in [1.82, 2.24) is 13.7 Å². The maximum atomic E-state index is 4.02. The molecule has 3 nitrogen and oxygen atoms in total. The first-order valence-corrected chi connectivity index (χ1v) is 4.23. The first kappa shape index (κ1) is 5.94. The van der Waals surface area contributed by atoms with Crippen LogP contribution in [-0.4, -0.2) is 13.7 Å². The highest BCUT2D eigenvalue weighted by Crippen LogP contribution is 2.14. The van der Waals surface area contributed by atoms with E-state index in [-0.39, 0.29) is 0 Å². The smallest absolute Gasteiger partial charge is 0.175 e. The first-order chi connectivity index (χ1) is 4.97. The molecule has 49 valence electrons. The molecule has 0 fully saturated rings. The van der Waals surface area contributed by atoms with Crippen molar-refractivity contribution in [2.75, 3.05) is 0 Å². The standard InChI is InChI=1S/C5H2N3S2/c1-4(2-9-7-1)5-6-3-10-8-5/h2-3H. The van der Waals surface area contributed by atoms with Crippen LogP contribution in [0.4, 0.5) is 0 Å². The third kappa shape index (κ3) is 0.932. The zero-order chi connectivity index (χ0) is 6.81. The zero-order valence-electron chi connectivity index (χ0n) is 4.81. The van der Waals surface area contributed by atoms with Gasteiger partial charge in [0.1, 0.15) is 11.7 Å². The average molecular weight is 168 g/mol. The summed E-state index contributed by atoms with van der Waals surface area (Å²) in [5, 5.41) is 1.88. The third-order valence-corrected chi connectivity index (χ3v) is 2.01. The molecule has 0 aliphatic rings. The Morgan fingerprint density at radius 2 is 2.40 bits per heavy atom. The molecular formula is C5H2N3S2. The molecule has 0 N–H and O–H groups in total. The predicted molar refractivity (Wildman–Crippen MR) is 39.9 cm³/mol. The number of rotatable bonds is 1. The zero-order valence-corrected chi connectivity index (χ0v) is 6.45. The molecular weight excluding hydrogens is 166 g/mol. The maximum Gasteiger partial charge on any atom is 0.175 e. The van der Waals surface area contributed by atoms with Crippen LogP contribution in [0, 0.1) is 6.20 Å². The van der Waals surface area contributed by atoms with Crippen molar-refractivity contribution < 1.29 is 0 Å². The molecule has 2 aromatic heterocycles. The maximum absolute atomic E-state index is 4.02. The fourth-order valence-electron chi connectivity index (χ4n) is 0.573. The van der Waals surface area contributed by atoms with Crippen LogP contribution in [0.5, 0.6) is 0 Å². The number of aromatic nitrogens is 3. The lowest BCUT2D eigenvalue weighted by Gasteiger charge is -1.79. The van der Waals surface area contributed by atoms with Gasteiger partial charge in [0.15, 0.2) is 5.82 Å². The minimum Gasteiger partial charge on any atom is -0.223 e. The van der Waals surface area contributed by atoms with E-state index in [4.69, 9.17) is 0 Å². The van der Waals surface area contributed by atoms with E-state index >= 15 is 0 Å². The van der Waals surface area contributed by atoms with Crippen LogP contribution in [0.15, 0.2) is 10.9 Å². The molecule has 5 heteroatoms. The Hall–Kier alpha value is -0.810. The van der Waals surface area contributed by atoms with Crippen molar-refractivity contribution in [3.05, 3.63) is 17.1 Å². The van der Waals surface area contributed by atoms with Crippen LogP contribution >= 0.6 is 23.1 Å². The molecule has 0 atom stereocenters. The number of hydrogen-bond acceptors (Lipinski definition) is 5. The second kappa shape index (κ2) is 2.43. The average Bonchev–Trinajstić information content (AvgIpc) is 2.59. The van der Waals surface area contributed by atoms with Gasteiger partial charge in [-0.15, -0.1) is 0 Å². The second-order valence-electron chi connectivity index (χ2n) is 1.59. The van der Waals surface area contributed by atoms with Crippen molar-refractivity contribution in [3.8, 4) is 11.4 Å². The Labute approximate surface area is 65.7 Å². The molecule has 0 amide bonds. The van der Waals surface area contributed by atoms with Crippen LogP contribution in [0.3, 0.4) is 0 Å². The van der Waals surface area contributed by atoms with Crippen molar-refractivity contribution in [1.29, 1.82) is 0 Å². The summed E-state index contributed by atoms with van der Waals surface area (Å²) in [5.41, 5.74) is 2.58. The van der Waals surface area contributed by atoms with E-state index in [2.05, 4.69) is 19.9 Å². The molecule has 0 saturated heterocycles. The fourth-order valence-corrected chi connectivity index (χ4v) is 1.48. The van der Waals surface area contributed by atoms with Crippen LogP contribution in [0.1, 0.15) is 0 Å². The minimum absolute atomic E-state index is 0.721. The second-order valence-corrected chi connectivity index (χ2v) is 2.83. The molecule has 2 heterocycles. The van der Waals surface area contributed by atoms with Gasteiger partial charge in [0.2, 0.25) is 0 Å². The molecule has 2 rings (SSSR count). The first-order valence-electron chi connectivity index (χ1n) is 2.55. The van der Waals surface area contributed by atoms with E-state index in [0.29, 0.717) is 0 Å². The van der Waals surface area contributed by atoms with Gasteiger partial charge >= 0.3 is 0 Å². The summed E-state index contributed by atoms with van der Waals surface area (Å²) >= 11 is 2.69. The highest BCUT2D eigenvalue weighted by molar-refractivity contribution is 7.04. The van der Waals surface area contributed by atoms with Crippen molar-refractivity contribution in [2.24, 2.45) is 0 Å². The highest BCUT2D eigenvalue weighted by atomic mass is 32.1. The van der Waals surface area contributed by atoms with Crippen molar-refractivity contribution >= 4 is 23.1 Å². The van der Waals surface area contributed by atoms with Crippen molar-refractivity contribution in [3.63, 3.8) is 0 Å². The molecule has 0 spiro atoms. The summed E-state index contributed by atoms with van der Waals surface area (Å²) in [6.07, 6.45) is 2.79. The highest BCUT2D eigenvalue weighted by Gasteiger charge is 2.01. The SMILES string of the molecule is [c]1nscc1-c1ncsn1. The van der Waals surface area contributed by atoms with Gasteiger partial charge in [0.05, 0.1) is 5.56 Å². The number of nitrogens with zero attached hydrogens (tertiary/aromatic N) is 3. The Kier molecular flexibility index (Phi) is 1.44. The van der Waals surface area contributed by atoms with Gasteiger partial charge in [-0.3, -0.25) is 0 Å². The Balaban J connectivity index is 2.48. The molecule has 0 saturated carbocycles. The van der Waals surface area contributed by atoms with Crippen LogP contribution < -0.4 is 0 Å². The van der Waals surface area contributed by atoms with Gasteiger partial charge < -0.3 is 0 Å². The Morgan fingerprint density at radius 1 is 1.40 bits per heavy atom. The Bertz CT molecular complexity index is 254. The van der Waals surface area contributed by atoms with E-state index in [0.717, 1.165) is 11.4 Å². The van der Waals surface area contributed by atoms with E-state index in [1.54, 1.807) is 5.51 Å². The van der Waals surface area contributed by atoms with Crippen LogP contribution in [0.25, 0.3) is 11.4 Å². The number of hydrogen-bond donors (Lipinski definition) is 0. The lowest BCUT2D eigenvalue weighted by atomic mass is 10.4. The largest absolute Gasteiger partial charge is 0.223 e. The van der Waals surface area contributed by atoms with Gasteiger partial charge in [-0.1, -0.05) is 0 Å². The van der Waals surface area contributed by atoms with E-state index in [9.17, 15) is 0 Å². The van der Waals surface area contributed by atoms with E-state index in [1.807, 2.05) is 5.38 Å². The molecule has 10 heavy (non-hydrogen) atoms. The topological polar surface area (TPSA) is 38.7 Å². The van der Waals surface area contributed by atoms with Gasteiger partial charge in [0.25, 0.3) is 0 Å². The van der Waals surface area contributed by atoms with E-state index in [1.165, 1.54) is 23.1 Å². The van der Waals surface area contributed by atoms with Crippen LogP contribution in [-0.2, 0) is 0 Å². The van der Waals surface area contributed by atoms with Gasteiger partial charge in [0, 0.05) is 5.38 Å². The molecule has 1 radical (unpaired) electrons. The molecule has 0 aliphatic carbocycles.